The summed E-state index contributed by atoms with van der Waals surface area (Å²) in [6.07, 6.45) is 2.57. The van der Waals surface area contributed by atoms with E-state index in [4.69, 9.17) is 0 Å². The Balaban J connectivity index is 2.11. The molecule has 1 fully saturated rings. The molecule has 18 heavy (non-hydrogen) atoms. The molecule has 0 bridgehead atoms. The van der Waals surface area contributed by atoms with Gasteiger partial charge >= 0.3 is 0 Å². The second-order valence-electron chi connectivity index (χ2n) is 5.49. The summed E-state index contributed by atoms with van der Waals surface area (Å²) in [6.45, 7) is 8.94. The monoisotopic (exact) mass is 310 g/mol. The maximum Gasteiger partial charge on any atom is 0.0407 e. The van der Waals surface area contributed by atoms with Gasteiger partial charge in [0.2, 0.25) is 0 Å². The zero-order chi connectivity index (χ0) is 13.1. The van der Waals surface area contributed by atoms with E-state index in [9.17, 15) is 0 Å². The lowest BCUT2D eigenvalue weighted by atomic mass is 10.0. The van der Waals surface area contributed by atoms with Crippen molar-refractivity contribution in [3.05, 3.63) is 28.2 Å². The highest BCUT2D eigenvalue weighted by Gasteiger charge is 2.21. The lowest BCUT2D eigenvalue weighted by Crippen LogP contribution is -2.48. The number of benzene rings is 1. The average molecular weight is 311 g/mol. The van der Waals surface area contributed by atoms with Gasteiger partial charge in [-0.25, -0.2) is 0 Å². The van der Waals surface area contributed by atoms with Crippen LogP contribution in [0.4, 0.5) is 5.69 Å². The molecular formula is C15H23BrN2. The Bertz CT molecular complexity index is 403. The Labute approximate surface area is 119 Å². The maximum atomic E-state index is 3.66. The molecule has 0 amide bonds. The third-order valence-corrected chi connectivity index (χ3v) is 4.43. The fraction of sp³-hybridized carbons (Fsp3) is 0.600. The second-order valence-corrected chi connectivity index (χ2v) is 6.34. The minimum absolute atomic E-state index is 0.568. The molecule has 1 N–H and O–H groups in total. The van der Waals surface area contributed by atoms with Crippen LogP contribution in [0.1, 0.15) is 32.3 Å². The van der Waals surface area contributed by atoms with Crippen molar-refractivity contribution in [1.29, 1.82) is 0 Å². The Morgan fingerprint density at radius 1 is 1.39 bits per heavy atom. The van der Waals surface area contributed by atoms with E-state index in [0.717, 1.165) is 6.54 Å². The van der Waals surface area contributed by atoms with Crippen LogP contribution in [0.2, 0.25) is 0 Å². The second kappa shape index (κ2) is 6.07. The maximum absolute atomic E-state index is 3.66. The molecule has 1 aliphatic heterocycles. The number of piperidine rings is 1. The highest BCUT2D eigenvalue weighted by Crippen LogP contribution is 2.28. The minimum atomic E-state index is 0.568. The molecule has 0 spiro atoms. The predicted octanol–water partition coefficient (Wildman–Crippen LogP) is 3.72. The molecule has 0 aromatic heterocycles. The molecule has 3 heteroatoms. The van der Waals surface area contributed by atoms with Crippen LogP contribution in [0, 0.1) is 6.92 Å². The standard InChI is InChI=1S/C15H23BrN2/c1-11(2)17-13-6-5-9-18(10-13)15-8-4-7-14(16)12(15)3/h4,7-8,11,13,17H,5-6,9-10H2,1-3H3. The topological polar surface area (TPSA) is 15.3 Å². The van der Waals surface area contributed by atoms with Gasteiger partial charge in [0.15, 0.2) is 0 Å². The smallest absolute Gasteiger partial charge is 0.0407 e. The van der Waals surface area contributed by atoms with Crippen molar-refractivity contribution in [1.82, 2.24) is 5.32 Å². The van der Waals surface area contributed by atoms with Crippen LogP contribution < -0.4 is 10.2 Å². The van der Waals surface area contributed by atoms with Gasteiger partial charge in [0, 0.05) is 35.3 Å². The zero-order valence-electron chi connectivity index (χ0n) is 11.5. The van der Waals surface area contributed by atoms with Gasteiger partial charge in [0.1, 0.15) is 0 Å². The summed E-state index contributed by atoms with van der Waals surface area (Å²) in [7, 11) is 0. The van der Waals surface area contributed by atoms with Gasteiger partial charge in [0.25, 0.3) is 0 Å². The molecular weight excluding hydrogens is 288 g/mol. The predicted molar refractivity (Wildman–Crippen MR) is 82.4 cm³/mol. The lowest BCUT2D eigenvalue weighted by molar-refractivity contribution is 0.394. The van der Waals surface area contributed by atoms with Crippen LogP contribution in [0.3, 0.4) is 0 Å². The quantitative estimate of drug-likeness (QED) is 0.915. The van der Waals surface area contributed by atoms with E-state index in [2.05, 4.69) is 65.1 Å². The summed E-state index contributed by atoms with van der Waals surface area (Å²) in [5.41, 5.74) is 2.72. The van der Waals surface area contributed by atoms with Gasteiger partial charge in [-0.15, -0.1) is 0 Å². The Hall–Kier alpha value is -0.540. The van der Waals surface area contributed by atoms with Crippen LogP contribution in [0.15, 0.2) is 22.7 Å². The summed E-state index contributed by atoms with van der Waals surface area (Å²) < 4.78 is 1.21. The van der Waals surface area contributed by atoms with E-state index >= 15 is 0 Å². The number of nitrogens with zero attached hydrogens (tertiary/aromatic N) is 1. The molecule has 1 aliphatic rings. The normalized spacial score (nSPS) is 20.5. The van der Waals surface area contributed by atoms with E-state index in [1.807, 2.05) is 0 Å². The molecule has 1 saturated heterocycles. The highest BCUT2D eigenvalue weighted by atomic mass is 79.9. The summed E-state index contributed by atoms with van der Waals surface area (Å²) in [4.78, 5) is 2.52. The SMILES string of the molecule is Cc1c(Br)cccc1N1CCCC(NC(C)C)C1. The largest absolute Gasteiger partial charge is 0.370 e. The minimum Gasteiger partial charge on any atom is -0.370 e. The van der Waals surface area contributed by atoms with E-state index < -0.39 is 0 Å². The summed E-state index contributed by atoms with van der Waals surface area (Å²) in [5, 5.41) is 3.66. The molecule has 1 atom stereocenters. The van der Waals surface area contributed by atoms with Crippen LogP contribution in [0.25, 0.3) is 0 Å². The summed E-state index contributed by atoms with van der Waals surface area (Å²) in [6, 6.07) is 7.67. The van der Waals surface area contributed by atoms with Gasteiger partial charge in [-0.05, 0) is 37.5 Å². The number of hydrogen-bond acceptors (Lipinski definition) is 2. The van der Waals surface area contributed by atoms with Crippen molar-refractivity contribution in [2.75, 3.05) is 18.0 Å². The molecule has 2 rings (SSSR count). The first kappa shape index (κ1) is 13.9. The van der Waals surface area contributed by atoms with Crippen molar-refractivity contribution in [2.24, 2.45) is 0 Å². The van der Waals surface area contributed by atoms with Crippen molar-refractivity contribution >= 4 is 21.6 Å². The van der Waals surface area contributed by atoms with Gasteiger partial charge in [-0.3, -0.25) is 0 Å². The molecule has 1 heterocycles. The number of rotatable bonds is 3. The zero-order valence-corrected chi connectivity index (χ0v) is 13.1. The molecule has 1 aromatic carbocycles. The van der Waals surface area contributed by atoms with E-state index in [-0.39, 0.29) is 0 Å². The van der Waals surface area contributed by atoms with E-state index in [1.54, 1.807) is 0 Å². The van der Waals surface area contributed by atoms with Crippen molar-refractivity contribution in [3.8, 4) is 0 Å². The molecule has 0 aliphatic carbocycles. The molecule has 0 saturated carbocycles. The Kier molecular flexibility index (Phi) is 4.68. The average Bonchev–Trinajstić information content (AvgIpc) is 2.32. The number of anilines is 1. The van der Waals surface area contributed by atoms with Crippen molar-refractivity contribution < 1.29 is 0 Å². The number of halogens is 1. The van der Waals surface area contributed by atoms with Gasteiger partial charge < -0.3 is 10.2 Å². The number of hydrogen-bond donors (Lipinski definition) is 1. The van der Waals surface area contributed by atoms with Gasteiger partial charge in [-0.2, -0.15) is 0 Å². The van der Waals surface area contributed by atoms with Crippen LogP contribution in [-0.4, -0.2) is 25.2 Å². The molecule has 100 valence electrons. The molecule has 2 nitrogen and oxygen atoms in total. The van der Waals surface area contributed by atoms with Crippen LogP contribution in [-0.2, 0) is 0 Å². The van der Waals surface area contributed by atoms with Crippen LogP contribution >= 0.6 is 15.9 Å². The molecule has 0 radical (unpaired) electrons. The Morgan fingerprint density at radius 2 is 2.17 bits per heavy atom. The summed E-state index contributed by atoms with van der Waals surface area (Å²) >= 11 is 3.63. The number of nitrogens with one attached hydrogen (secondary N) is 1. The van der Waals surface area contributed by atoms with Gasteiger partial charge in [-0.1, -0.05) is 35.8 Å². The fourth-order valence-corrected chi connectivity index (χ4v) is 3.10. The molecule has 1 unspecified atom stereocenters. The van der Waals surface area contributed by atoms with Crippen molar-refractivity contribution in [2.45, 2.75) is 45.7 Å². The summed E-state index contributed by atoms with van der Waals surface area (Å²) in [5.74, 6) is 0. The first-order chi connectivity index (χ1) is 8.58. The first-order valence-corrected chi connectivity index (χ1v) is 7.63. The Morgan fingerprint density at radius 3 is 2.89 bits per heavy atom. The molecule has 1 aromatic rings. The van der Waals surface area contributed by atoms with Gasteiger partial charge in [0.05, 0.1) is 0 Å². The van der Waals surface area contributed by atoms with E-state index in [0.29, 0.717) is 12.1 Å². The lowest BCUT2D eigenvalue weighted by Gasteiger charge is -2.36. The van der Waals surface area contributed by atoms with E-state index in [1.165, 1.54) is 35.1 Å². The third-order valence-electron chi connectivity index (χ3n) is 3.57. The first-order valence-electron chi connectivity index (χ1n) is 6.84. The van der Waals surface area contributed by atoms with Crippen LogP contribution in [0.5, 0.6) is 0 Å². The third kappa shape index (κ3) is 3.27. The highest BCUT2D eigenvalue weighted by molar-refractivity contribution is 9.10. The van der Waals surface area contributed by atoms with Crippen molar-refractivity contribution in [3.63, 3.8) is 0 Å². The fourth-order valence-electron chi connectivity index (χ4n) is 2.74.